The van der Waals surface area contributed by atoms with Gasteiger partial charge in [0, 0.05) is 18.5 Å². The standard InChI is InChI=1S/C23H27N5O5S/c1-3-27-21(31)26-20(28(23(27)32)12-15-6-4-14(2)5-7-15)24-16-8-10-17(11-9-16)33-22-25-18(13-34-22)19(29)30/h8-11,13-15H,3-7,12H2,1-2H3,(H,29,30)(H,24,26,31)/t14-,15-. The number of H-pyrrole nitrogens is 1. The first-order valence-corrected chi connectivity index (χ1v) is 12.2. The number of carboxylic acids is 1. The highest BCUT2D eigenvalue weighted by atomic mass is 32.1. The van der Waals surface area contributed by atoms with Crippen molar-refractivity contribution in [3.8, 4) is 10.9 Å². The van der Waals surface area contributed by atoms with Gasteiger partial charge in [0.05, 0.1) is 5.69 Å². The molecular formula is C23H27N5O5S. The fraction of sp³-hybridized carbons (Fsp3) is 0.435. The number of carboxylic acid groups (broad SMARTS) is 1. The lowest BCUT2D eigenvalue weighted by Gasteiger charge is -2.26. The van der Waals surface area contributed by atoms with E-state index in [0.717, 1.165) is 37.0 Å². The maximum Gasteiger partial charge on any atom is 0.355 e. The summed E-state index contributed by atoms with van der Waals surface area (Å²) >= 11 is 1.09. The van der Waals surface area contributed by atoms with Crippen LogP contribution in [-0.4, -0.2) is 30.2 Å². The summed E-state index contributed by atoms with van der Waals surface area (Å²) in [5.41, 5.74) is -0.167. The Kier molecular flexibility index (Phi) is 7.11. The smallest absolute Gasteiger partial charge is 0.355 e. The zero-order valence-corrected chi connectivity index (χ0v) is 19.9. The average molecular weight is 486 g/mol. The second-order valence-corrected chi connectivity index (χ2v) is 9.35. The number of aromatic amines is 1. The number of nitrogens with one attached hydrogen (secondary N) is 1. The fourth-order valence-electron chi connectivity index (χ4n) is 4.07. The molecule has 1 saturated carbocycles. The molecule has 34 heavy (non-hydrogen) atoms. The molecular weight excluding hydrogens is 458 g/mol. The third kappa shape index (κ3) is 5.36. The van der Waals surface area contributed by atoms with E-state index in [1.165, 1.54) is 9.95 Å². The van der Waals surface area contributed by atoms with Crippen LogP contribution >= 0.6 is 11.3 Å². The van der Waals surface area contributed by atoms with E-state index >= 15 is 0 Å². The molecule has 2 heterocycles. The van der Waals surface area contributed by atoms with Gasteiger partial charge in [0.1, 0.15) is 5.75 Å². The molecule has 3 aromatic rings. The van der Waals surface area contributed by atoms with E-state index in [2.05, 4.69) is 21.9 Å². The second-order valence-electron chi connectivity index (χ2n) is 8.53. The first-order chi connectivity index (χ1) is 16.3. The number of carbonyl (C=O) groups is 1. The number of hydrogen-bond acceptors (Lipinski definition) is 7. The van der Waals surface area contributed by atoms with Crippen molar-refractivity contribution in [3.63, 3.8) is 0 Å². The minimum absolute atomic E-state index is 0.0747. The molecule has 0 aliphatic heterocycles. The Bertz CT molecular complexity index is 1340. The fourth-order valence-corrected chi connectivity index (χ4v) is 4.73. The van der Waals surface area contributed by atoms with E-state index in [1.54, 1.807) is 35.8 Å². The van der Waals surface area contributed by atoms with Gasteiger partial charge >= 0.3 is 17.3 Å². The highest BCUT2D eigenvalue weighted by Crippen LogP contribution is 2.29. The monoisotopic (exact) mass is 485 g/mol. The normalized spacial score (nSPS) is 18.7. The lowest BCUT2D eigenvalue weighted by atomic mass is 9.83. The number of rotatable bonds is 7. The second kappa shape index (κ2) is 10.2. The van der Waals surface area contributed by atoms with Gasteiger partial charge in [0.2, 0.25) is 5.62 Å². The molecule has 1 aromatic carbocycles. The van der Waals surface area contributed by atoms with Crippen molar-refractivity contribution in [2.75, 3.05) is 0 Å². The van der Waals surface area contributed by atoms with Crippen molar-refractivity contribution in [3.05, 3.63) is 61.9 Å². The van der Waals surface area contributed by atoms with Gasteiger partial charge in [-0.05, 0) is 55.9 Å². The Morgan fingerprint density at radius 2 is 1.91 bits per heavy atom. The van der Waals surface area contributed by atoms with Gasteiger partial charge in [-0.15, -0.1) is 0 Å². The van der Waals surface area contributed by atoms with Crippen LogP contribution in [0, 0.1) is 11.8 Å². The lowest BCUT2D eigenvalue weighted by molar-refractivity contribution is 0.0690. The van der Waals surface area contributed by atoms with E-state index in [-0.39, 0.29) is 28.7 Å². The minimum atomic E-state index is -1.12. The molecule has 4 rings (SSSR count). The van der Waals surface area contributed by atoms with Crippen LogP contribution in [0.25, 0.3) is 0 Å². The molecule has 10 nitrogen and oxygen atoms in total. The molecule has 0 amide bonds. The largest absolute Gasteiger partial charge is 0.476 e. The molecule has 180 valence electrons. The first kappa shape index (κ1) is 23.7. The summed E-state index contributed by atoms with van der Waals surface area (Å²) in [5.74, 6) is 0.414. The van der Waals surface area contributed by atoms with Gasteiger partial charge in [-0.2, -0.15) is 4.98 Å². The van der Waals surface area contributed by atoms with Crippen molar-refractivity contribution in [2.24, 2.45) is 16.8 Å². The van der Waals surface area contributed by atoms with Gasteiger partial charge < -0.3 is 9.84 Å². The van der Waals surface area contributed by atoms with Crippen molar-refractivity contribution in [2.45, 2.75) is 52.6 Å². The maximum absolute atomic E-state index is 13.1. The summed E-state index contributed by atoms with van der Waals surface area (Å²) in [5, 5.41) is 10.6. The molecule has 0 radical (unpaired) electrons. The van der Waals surface area contributed by atoms with Crippen molar-refractivity contribution in [1.82, 2.24) is 19.1 Å². The van der Waals surface area contributed by atoms with Gasteiger partial charge in [0.25, 0.3) is 5.19 Å². The van der Waals surface area contributed by atoms with Crippen LogP contribution in [0.1, 0.15) is 50.0 Å². The molecule has 0 spiro atoms. The first-order valence-electron chi connectivity index (χ1n) is 11.3. The molecule has 2 aromatic heterocycles. The number of hydrogen-bond donors (Lipinski definition) is 2. The van der Waals surface area contributed by atoms with Crippen LogP contribution in [0.3, 0.4) is 0 Å². The summed E-state index contributed by atoms with van der Waals surface area (Å²) in [7, 11) is 0. The number of thiazole rings is 1. The molecule has 11 heteroatoms. The highest BCUT2D eigenvalue weighted by molar-refractivity contribution is 7.11. The van der Waals surface area contributed by atoms with Gasteiger partial charge in [-0.3, -0.25) is 9.55 Å². The predicted molar refractivity (Wildman–Crippen MR) is 127 cm³/mol. The Morgan fingerprint density at radius 3 is 2.53 bits per heavy atom. The van der Waals surface area contributed by atoms with Crippen LogP contribution in [0.4, 0.5) is 5.69 Å². The van der Waals surface area contributed by atoms with Crippen LogP contribution in [0.15, 0.2) is 44.2 Å². The summed E-state index contributed by atoms with van der Waals surface area (Å²) in [4.78, 5) is 47.7. The van der Waals surface area contributed by atoms with E-state index < -0.39 is 11.7 Å². The number of ether oxygens (including phenoxy) is 1. The van der Waals surface area contributed by atoms with Crippen molar-refractivity contribution >= 4 is 23.0 Å². The minimum Gasteiger partial charge on any atom is -0.476 e. The molecule has 1 aliphatic rings. The third-order valence-electron chi connectivity index (χ3n) is 6.05. The third-order valence-corrected chi connectivity index (χ3v) is 6.77. The summed E-state index contributed by atoms with van der Waals surface area (Å²) in [6.07, 6.45) is 4.37. The van der Waals surface area contributed by atoms with Crippen LogP contribution in [0.2, 0.25) is 0 Å². The summed E-state index contributed by atoms with van der Waals surface area (Å²) in [6, 6.07) is 6.71. The topological polar surface area (TPSA) is 132 Å². The number of benzene rings is 1. The van der Waals surface area contributed by atoms with Crippen molar-refractivity contribution < 1.29 is 14.6 Å². The summed E-state index contributed by atoms with van der Waals surface area (Å²) in [6.45, 7) is 4.81. The zero-order valence-electron chi connectivity index (χ0n) is 19.1. The number of nitrogens with zero attached hydrogens (tertiary/aromatic N) is 4. The van der Waals surface area contributed by atoms with Crippen molar-refractivity contribution in [1.29, 1.82) is 0 Å². The van der Waals surface area contributed by atoms with Gasteiger partial charge in [-0.25, -0.2) is 23.9 Å². The lowest BCUT2D eigenvalue weighted by Crippen LogP contribution is -2.50. The maximum atomic E-state index is 13.1. The quantitative estimate of drug-likeness (QED) is 0.527. The Labute approximate surface area is 199 Å². The Hall–Kier alpha value is -3.47. The molecule has 0 unspecified atom stereocenters. The molecule has 0 atom stereocenters. The Morgan fingerprint density at radius 1 is 1.21 bits per heavy atom. The average Bonchev–Trinajstić information content (AvgIpc) is 3.28. The van der Waals surface area contributed by atoms with Gasteiger partial charge in [-0.1, -0.05) is 31.1 Å². The summed E-state index contributed by atoms with van der Waals surface area (Å²) < 4.78 is 8.35. The predicted octanol–water partition coefficient (Wildman–Crippen LogP) is 3.36. The van der Waals surface area contributed by atoms with E-state index in [4.69, 9.17) is 9.84 Å². The Balaban J connectivity index is 1.62. The van der Waals surface area contributed by atoms with Crippen LogP contribution in [0.5, 0.6) is 10.9 Å². The van der Waals surface area contributed by atoms with E-state index in [1.807, 2.05) is 0 Å². The zero-order chi connectivity index (χ0) is 24.2. The number of aromatic nitrogens is 4. The van der Waals surface area contributed by atoms with Gasteiger partial charge in [0.15, 0.2) is 5.69 Å². The molecule has 0 bridgehead atoms. The van der Waals surface area contributed by atoms with Crippen LogP contribution < -0.4 is 21.7 Å². The number of aromatic carboxylic acids is 1. The van der Waals surface area contributed by atoms with Crippen LogP contribution in [-0.2, 0) is 13.1 Å². The molecule has 0 saturated heterocycles. The SMILES string of the molecule is CCn1c(=O)[nH]/c(=N\c2ccc(Oc3nc(C(=O)O)cs3)cc2)n(C[C@H]2CC[C@H](C)CC2)c1=O. The molecule has 1 fully saturated rings. The highest BCUT2D eigenvalue weighted by Gasteiger charge is 2.20. The van der Waals surface area contributed by atoms with E-state index in [0.29, 0.717) is 29.8 Å². The molecule has 2 N–H and O–H groups in total. The molecule has 1 aliphatic carbocycles. The van der Waals surface area contributed by atoms with E-state index in [9.17, 15) is 14.4 Å².